The molecule has 3 aromatic carbocycles. The van der Waals surface area contributed by atoms with Crippen LogP contribution >= 0.6 is 11.6 Å². The number of hydrogen-bond donors (Lipinski definition) is 0. The van der Waals surface area contributed by atoms with Crippen molar-refractivity contribution in [2.24, 2.45) is 0 Å². The number of nitrogens with zero attached hydrogens (tertiary/aromatic N) is 4. The molecule has 1 aromatic heterocycles. The van der Waals surface area contributed by atoms with Crippen LogP contribution in [0.2, 0.25) is 5.02 Å². The molecule has 0 radical (unpaired) electrons. The molecule has 0 saturated heterocycles. The first kappa shape index (κ1) is 24.5. The molecular weight excluding hydrogens is 492 g/mol. The maximum atomic E-state index is 13.5. The summed E-state index contributed by atoms with van der Waals surface area (Å²) in [4.78, 5) is 28.5. The summed E-state index contributed by atoms with van der Waals surface area (Å²) in [6.07, 6.45) is 0.281. The molecule has 0 fully saturated rings. The maximum Gasteiger partial charge on any atom is 0.289 e. The normalized spacial score (nSPS) is 12.7. The van der Waals surface area contributed by atoms with E-state index < -0.39 is 26.7 Å². The van der Waals surface area contributed by atoms with Crippen molar-refractivity contribution in [1.82, 2.24) is 13.9 Å². The van der Waals surface area contributed by atoms with Crippen LogP contribution < -0.4 is 5.56 Å². The summed E-state index contributed by atoms with van der Waals surface area (Å²) >= 11 is 5.87. The molecule has 0 bridgehead atoms. The van der Waals surface area contributed by atoms with Crippen LogP contribution in [-0.4, -0.2) is 34.2 Å². The van der Waals surface area contributed by atoms with E-state index in [-0.39, 0.29) is 27.7 Å². The Hall–Kier alpha value is -3.60. The van der Waals surface area contributed by atoms with Gasteiger partial charge in [0.25, 0.3) is 11.2 Å². The summed E-state index contributed by atoms with van der Waals surface area (Å²) in [7, 11) is -2.86. The summed E-state index contributed by atoms with van der Waals surface area (Å²) in [5.41, 5.74) is 0.130. The van der Waals surface area contributed by atoms with Crippen LogP contribution in [0.5, 0.6) is 0 Å². The zero-order chi connectivity index (χ0) is 25.3. The second-order valence-electron chi connectivity index (χ2n) is 7.78. The van der Waals surface area contributed by atoms with E-state index in [0.717, 1.165) is 10.4 Å². The smallest absolute Gasteiger partial charge is 0.268 e. The van der Waals surface area contributed by atoms with Gasteiger partial charge in [-0.15, -0.1) is 0 Å². The molecular formula is C24H21ClN4O5S. The molecule has 0 aliphatic rings. The molecule has 0 saturated carbocycles. The molecule has 1 unspecified atom stereocenters. The fraction of sp³-hybridized carbons (Fsp3) is 0.167. The molecule has 1 atom stereocenters. The number of benzene rings is 3. The van der Waals surface area contributed by atoms with Gasteiger partial charge in [-0.2, -0.15) is 4.31 Å². The molecule has 4 rings (SSSR count). The average molecular weight is 513 g/mol. The highest BCUT2D eigenvalue weighted by Gasteiger charge is 2.33. The third-order valence-electron chi connectivity index (χ3n) is 5.73. The Morgan fingerprint density at radius 3 is 2.40 bits per heavy atom. The lowest BCUT2D eigenvalue weighted by molar-refractivity contribution is -0.384. The summed E-state index contributed by atoms with van der Waals surface area (Å²) in [5, 5.41) is 11.5. The van der Waals surface area contributed by atoms with Gasteiger partial charge in [0, 0.05) is 13.1 Å². The summed E-state index contributed by atoms with van der Waals surface area (Å²) in [6, 6.07) is 18.2. The molecule has 0 aliphatic heterocycles. The number of halogens is 1. The predicted octanol–water partition coefficient (Wildman–Crippen LogP) is 4.72. The van der Waals surface area contributed by atoms with E-state index in [9.17, 15) is 23.3 Å². The molecule has 9 nitrogen and oxygen atoms in total. The first-order valence-corrected chi connectivity index (χ1v) is 12.5. The van der Waals surface area contributed by atoms with E-state index in [1.807, 2.05) is 6.07 Å². The van der Waals surface area contributed by atoms with Crippen molar-refractivity contribution in [2.45, 2.75) is 24.3 Å². The number of para-hydroxylation sites is 2. The SMILES string of the molecule is CCC(c1nc2ccccc2c(=O)n1-c1ccccc1)N(C)S(=O)(=O)c1ccc(Cl)c([N+](=O)[O-])c1. The number of rotatable bonds is 7. The third kappa shape index (κ3) is 4.43. The van der Waals surface area contributed by atoms with Crippen molar-refractivity contribution < 1.29 is 13.3 Å². The predicted molar refractivity (Wildman–Crippen MR) is 133 cm³/mol. The molecule has 180 valence electrons. The molecule has 0 N–H and O–H groups in total. The molecule has 0 amide bonds. The number of sulfonamides is 1. The van der Waals surface area contributed by atoms with E-state index >= 15 is 0 Å². The van der Waals surface area contributed by atoms with Gasteiger partial charge >= 0.3 is 0 Å². The molecule has 1 heterocycles. The van der Waals surface area contributed by atoms with E-state index in [0.29, 0.717) is 16.6 Å². The lowest BCUT2D eigenvalue weighted by Gasteiger charge is -2.28. The van der Waals surface area contributed by atoms with Crippen LogP contribution in [0.1, 0.15) is 25.2 Å². The highest BCUT2D eigenvalue weighted by molar-refractivity contribution is 7.89. The number of aromatic nitrogens is 2. The lowest BCUT2D eigenvalue weighted by atomic mass is 10.1. The van der Waals surface area contributed by atoms with Crippen molar-refractivity contribution in [3.8, 4) is 5.69 Å². The maximum absolute atomic E-state index is 13.5. The van der Waals surface area contributed by atoms with Crippen molar-refractivity contribution in [3.05, 3.63) is 104 Å². The second kappa shape index (κ2) is 9.57. The zero-order valence-electron chi connectivity index (χ0n) is 18.8. The van der Waals surface area contributed by atoms with Gasteiger partial charge < -0.3 is 0 Å². The Morgan fingerprint density at radius 2 is 1.74 bits per heavy atom. The second-order valence-corrected chi connectivity index (χ2v) is 10.2. The fourth-order valence-electron chi connectivity index (χ4n) is 3.93. The molecule has 0 spiro atoms. The Kier molecular flexibility index (Phi) is 6.70. The number of nitro groups is 1. The van der Waals surface area contributed by atoms with Gasteiger partial charge in [-0.1, -0.05) is 48.9 Å². The number of fused-ring (bicyclic) bond motifs is 1. The minimum atomic E-state index is -4.22. The Bertz CT molecular complexity index is 1590. The first-order chi connectivity index (χ1) is 16.7. The quantitative estimate of drug-likeness (QED) is 0.261. The van der Waals surface area contributed by atoms with Crippen LogP contribution in [0.25, 0.3) is 16.6 Å². The van der Waals surface area contributed by atoms with Crippen LogP contribution in [0.3, 0.4) is 0 Å². The molecule has 0 aliphatic carbocycles. The van der Waals surface area contributed by atoms with E-state index in [4.69, 9.17) is 16.6 Å². The van der Waals surface area contributed by atoms with Crippen LogP contribution in [0.15, 0.2) is 82.5 Å². The summed E-state index contributed by atoms with van der Waals surface area (Å²) in [5.74, 6) is 0.233. The van der Waals surface area contributed by atoms with Gasteiger partial charge in [0.05, 0.1) is 32.5 Å². The zero-order valence-corrected chi connectivity index (χ0v) is 20.4. The highest BCUT2D eigenvalue weighted by Crippen LogP contribution is 2.32. The lowest BCUT2D eigenvalue weighted by Crippen LogP contribution is -2.36. The Balaban J connectivity index is 1.93. The molecule has 4 aromatic rings. The minimum absolute atomic E-state index is 0.169. The van der Waals surface area contributed by atoms with Gasteiger partial charge in [-0.05, 0) is 42.8 Å². The fourth-order valence-corrected chi connectivity index (χ4v) is 5.53. The van der Waals surface area contributed by atoms with Crippen molar-refractivity contribution >= 4 is 38.2 Å². The average Bonchev–Trinajstić information content (AvgIpc) is 2.85. The highest BCUT2D eigenvalue weighted by atomic mass is 35.5. The van der Waals surface area contributed by atoms with Crippen molar-refractivity contribution in [1.29, 1.82) is 0 Å². The van der Waals surface area contributed by atoms with Gasteiger partial charge in [-0.3, -0.25) is 19.5 Å². The molecule has 35 heavy (non-hydrogen) atoms. The van der Waals surface area contributed by atoms with E-state index in [1.165, 1.54) is 23.7 Å². The van der Waals surface area contributed by atoms with Crippen LogP contribution in [0, 0.1) is 10.1 Å². The number of hydrogen-bond acceptors (Lipinski definition) is 6. The van der Waals surface area contributed by atoms with Crippen molar-refractivity contribution in [3.63, 3.8) is 0 Å². The van der Waals surface area contributed by atoms with Gasteiger partial charge in [0.1, 0.15) is 10.8 Å². The topological polar surface area (TPSA) is 115 Å². The number of nitro benzene ring substituents is 1. The molecule has 11 heteroatoms. The summed E-state index contributed by atoms with van der Waals surface area (Å²) < 4.78 is 29.6. The minimum Gasteiger partial charge on any atom is -0.268 e. The van der Waals surface area contributed by atoms with Gasteiger partial charge in [0.15, 0.2) is 0 Å². The standard InChI is InChI=1S/C24H21ClN4O5S/c1-3-21(27(2)35(33,34)17-13-14-19(25)22(15-17)29(31)32)23-26-20-12-8-7-11-18(20)24(30)28(23)16-9-5-4-6-10-16/h4-15,21H,3H2,1-2H3. The summed E-state index contributed by atoms with van der Waals surface area (Å²) in [6.45, 7) is 1.78. The van der Waals surface area contributed by atoms with Crippen molar-refractivity contribution in [2.75, 3.05) is 7.05 Å². The third-order valence-corrected chi connectivity index (χ3v) is 7.91. The largest absolute Gasteiger partial charge is 0.289 e. The van der Waals surface area contributed by atoms with Gasteiger partial charge in [-0.25, -0.2) is 13.4 Å². The van der Waals surface area contributed by atoms with Crippen LogP contribution in [0.4, 0.5) is 5.69 Å². The first-order valence-electron chi connectivity index (χ1n) is 10.7. The van der Waals surface area contributed by atoms with Crippen LogP contribution in [-0.2, 0) is 10.0 Å². The van der Waals surface area contributed by atoms with Gasteiger partial charge in [0.2, 0.25) is 10.0 Å². The van der Waals surface area contributed by atoms with E-state index in [2.05, 4.69) is 0 Å². The van der Waals surface area contributed by atoms with E-state index in [1.54, 1.807) is 55.5 Å². The monoisotopic (exact) mass is 512 g/mol. The Morgan fingerprint density at radius 1 is 1.09 bits per heavy atom. The Labute approximate surface area is 206 Å².